The van der Waals surface area contributed by atoms with E-state index in [1.165, 1.54) is 16.3 Å². The van der Waals surface area contributed by atoms with E-state index in [9.17, 15) is 9.59 Å². The van der Waals surface area contributed by atoms with Crippen molar-refractivity contribution in [3.05, 3.63) is 58.2 Å². The van der Waals surface area contributed by atoms with Crippen LogP contribution in [-0.2, 0) is 36.8 Å². The van der Waals surface area contributed by atoms with Gasteiger partial charge in [0.05, 0.1) is 45.9 Å². The van der Waals surface area contributed by atoms with Gasteiger partial charge < -0.3 is 38.8 Å². The van der Waals surface area contributed by atoms with E-state index in [0.29, 0.717) is 60.0 Å². The van der Waals surface area contributed by atoms with Gasteiger partial charge in [0.15, 0.2) is 0 Å². The molecule has 0 spiro atoms. The summed E-state index contributed by atoms with van der Waals surface area (Å²) in [7, 11) is 8.21. The number of hydrogen-bond donors (Lipinski definition) is 2. The summed E-state index contributed by atoms with van der Waals surface area (Å²) in [6.45, 7) is 15.3. The first-order valence-corrected chi connectivity index (χ1v) is 24.4. The van der Waals surface area contributed by atoms with Crippen molar-refractivity contribution in [1.29, 1.82) is 0 Å². The Kier molecular flexibility index (Phi) is 14.8. The minimum absolute atomic E-state index is 0.0358. The fraction of sp³-hybridized carbons (Fsp3) is 0.587. The molecule has 2 radical (unpaired) electrons. The molecule has 15 nitrogen and oxygen atoms in total. The minimum Gasteiger partial charge on any atom is -0.464 e. The number of cyclic esters (lactones) is 1. The lowest BCUT2D eigenvalue weighted by Crippen LogP contribution is -2.63. The maximum Gasteiger partial charge on any atom is 0.324 e. The lowest BCUT2D eigenvalue weighted by atomic mass is 9.84. The first-order chi connectivity index (χ1) is 30.1. The average molecular weight is 900 g/mol. The van der Waals surface area contributed by atoms with Crippen LogP contribution in [0.4, 0.5) is 4.79 Å². The van der Waals surface area contributed by atoms with Gasteiger partial charge in [-0.15, -0.1) is 11.3 Å². The van der Waals surface area contributed by atoms with Gasteiger partial charge in [-0.2, -0.15) is 0 Å². The Balaban J connectivity index is 1.39. The number of carbonyl (C=O) groups is 3. The van der Waals surface area contributed by atoms with Crippen molar-refractivity contribution < 1.29 is 28.6 Å². The van der Waals surface area contributed by atoms with Crippen LogP contribution in [0.1, 0.15) is 82.9 Å². The number of pyridine rings is 1. The van der Waals surface area contributed by atoms with Crippen molar-refractivity contribution in [2.24, 2.45) is 5.41 Å². The summed E-state index contributed by atoms with van der Waals surface area (Å²) in [5.74, 6) is -0.828. The van der Waals surface area contributed by atoms with Crippen molar-refractivity contribution in [2.45, 2.75) is 103 Å². The zero-order valence-electron chi connectivity index (χ0n) is 38.6. The van der Waals surface area contributed by atoms with Gasteiger partial charge in [-0.05, 0) is 104 Å². The number of rotatable bonds is 9. The first kappa shape index (κ1) is 46.8. The zero-order valence-corrected chi connectivity index (χ0v) is 40.4. The monoisotopic (exact) mass is 899 g/mol. The lowest BCUT2D eigenvalue weighted by Gasteiger charge is -2.39. The van der Waals surface area contributed by atoms with Crippen molar-refractivity contribution in [1.82, 2.24) is 45.0 Å². The Morgan fingerprint density at radius 1 is 1.21 bits per heavy atom. The number of aryl methyl sites for hydroxylation is 1. The molecule has 0 saturated carbocycles. The Hall–Kier alpha value is -4.23. The standard InChI is InChI=1S/C46H65N9O6SSi/c1-11-53-37-17-16-31-22-33(37)34(40(53)32-14-12-18-47-38(32)29(3)59-10)23-46(5,6)26-61-44(57)35-15-13-19-54(50-35)43(56)39(41(60-21-20-51(7)8)42-48-36(31)25-62-42)49-45(58)55-28(2)24-52(9)27-63-30(55)4/h12,14,16-18,22,25,28-30,35,39,41,50H,11,13,15,19-21,23-24,26-27H2,1-10H3,(H,49,58)/t28-,29-,30+,35-,39-,41-/m0/s1. The van der Waals surface area contributed by atoms with E-state index < -0.39 is 35.5 Å². The number of benzene rings is 1. The molecule has 1 aromatic carbocycles. The number of carbonyl (C=O) groups excluding carboxylic acids is 3. The van der Waals surface area contributed by atoms with E-state index in [2.05, 4.69) is 79.2 Å². The molecule has 6 heterocycles. The zero-order chi connectivity index (χ0) is 45.2. The molecule has 2 fully saturated rings. The van der Waals surface area contributed by atoms with Crippen LogP contribution in [-0.4, -0.2) is 153 Å². The number of ether oxygens (including phenoxy) is 3. The summed E-state index contributed by atoms with van der Waals surface area (Å²) in [5.41, 5.74) is 9.42. The second kappa shape index (κ2) is 19.9. The maximum atomic E-state index is 15.0. The van der Waals surface area contributed by atoms with Crippen LogP contribution >= 0.6 is 11.3 Å². The number of methoxy groups -OCH3 is 1. The van der Waals surface area contributed by atoms with Gasteiger partial charge in [0.1, 0.15) is 23.2 Å². The molecule has 3 aliphatic heterocycles. The number of esters is 1. The molecular formula is C46H65N9O6SSi. The first-order valence-electron chi connectivity index (χ1n) is 22.2. The molecule has 63 heavy (non-hydrogen) atoms. The van der Waals surface area contributed by atoms with Gasteiger partial charge >= 0.3 is 12.0 Å². The molecule has 2 saturated heterocycles. The minimum atomic E-state index is -1.17. The van der Waals surface area contributed by atoms with Crippen LogP contribution in [0, 0.1) is 5.41 Å². The van der Waals surface area contributed by atoms with Gasteiger partial charge in [0.2, 0.25) is 0 Å². The van der Waals surface area contributed by atoms with Crippen molar-refractivity contribution in [2.75, 3.05) is 67.3 Å². The van der Waals surface area contributed by atoms with E-state index in [1.807, 2.05) is 49.2 Å². The van der Waals surface area contributed by atoms with E-state index >= 15 is 4.79 Å². The van der Waals surface area contributed by atoms with E-state index in [-0.39, 0.29) is 37.1 Å². The SMILES string of the molecule is CCn1c(-c2cccnc2[C@H](C)OC)c2c3cc(ccc31)-c1csc(n1)[C@@H](OCCN(C)C)[C@H](NC(=O)N1[C@@H](C)CN(C)C[Si][C@@H]1C)C(=O)N1CCC[C@H](N1)C(=O)OCC(C)(C)C2. The quantitative estimate of drug-likeness (QED) is 0.162. The number of likely N-dealkylation sites (N-methyl/N-ethyl adjacent to an activating group) is 2. The summed E-state index contributed by atoms with van der Waals surface area (Å²) in [6.07, 6.45) is 3.17. The van der Waals surface area contributed by atoms with Crippen molar-refractivity contribution in [3.63, 3.8) is 0 Å². The fourth-order valence-corrected chi connectivity index (χ4v) is 11.3. The molecule has 3 amide bonds. The number of hydrazine groups is 1. The molecule has 7 rings (SSSR count). The smallest absolute Gasteiger partial charge is 0.324 e. The summed E-state index contributed by atoms with van der Waals surface area (Å²) < 4.78 is 21.0. The largest absolute Gasteiger partial charge is 0.464 e. The summed E-state index contributed by atoms with van der Waals surface area (Å²) in [6, 6.07) is 8.17. The Bertz CT molecular complexity index is 2270. The number of nitrogens with zero attached hydrogens (tertiary/aromatic N) is 7. The molecule has 4 aromatic rings. The van der Waals surface area contributed by atoms with E-state index in [1.54, 1.807) is 13.3 Å². The van der Waals surface area contributed by atoms with Crippen LogP contribution in [0.25, 0.3) is 33.4 Å². The topological polar surface area (TPSA) is 147 Å². The molecule has 6 bridgehead atoms. The third kappa shape index (κ3) is 10.2. The van der Waals surface area contributed by atoms with E-state index in [4.69, 9.17) is 24.2 Å². The Morgan fingerprint density at radius 2 is 2.00 bits per heavy atom. The Morgan fingerprint density at radius 3 is 2.75 bits per heavy atom. The van der Waals surface area contributed by atoms with E-state index in [0.717, 1.165) is 50.8 Å². The number of urea groups is 1. The second-order valence-electron chi connectivity index (χ2n) is 18.3. The second-order valence-corrected chi connectivity index (χ2v) is 20.8. The van der Waals surface area contributed by atoms with Gasteiger partial charge in [-0.25, -0.2) is 15.2 Å². The summed E-state index contributed by atoms with van der Waals surface area (Å²) in [5, 5.41) is 8.29. The van der Waals surface area contributed by atoms with Crippen LogP contribution in [0.5, 0.6) is 0 Å². The number of fused-ring (bicyclic) bond motifs is 6. The van der Waals surface area contributed by atoms with Crippen LogP contribution in [0.3, 0.4) is 0 Å². The Labute approximate surface area is 378 Å². The van der Waals surface area contributed by atoms with Gasteiger partial charge in [-0.1, -0.05) is 19.9 Å². The highest BCUT2D eigenvalue weighted by atomic mass is 32.1. The van der Waals surface area contributed by atoms with Crippen molar-refractivity contribution in [3.8, 4) is 22.5 Å². The fourth-order valence-electron chi connectivity index (χ4n) is 9.08. The molecule has 0 aliphatic carbocycles. The number of hydrogen-bond acceptors (Lipinski definition) is 12. The molecule has 6 atom stereocenters. The predicted molar refractivity (Wildman–Crippen MR) is 247 cm³/mol. The molecule has 2 N–H and O–H groups in total. The molecule has 3 aliphatic rings. The third-order valence-corrected chi connectivity index (χ3v) is 14.9. The summed E-state index contributed by atoms with van der Waals surface area (Å²) >= 11 is 1.41. The van der Waals surface area contributed by atoms with Gasteiger partial charge in [-0.3, -0.25) is 19.6 Å². The van der Waals surface area contributed by atoms with Gasteiger partial charge in [0, 0.05) is 84.0 Å². The molecule has 17 heteroatoms. The molecule has 340 valence electrons. The highest BCUT2D eigenvalue weighted by Crippen LogP contribution is 2.42. The highest BCUT2D eigenvalue weighted by molar-refractivity contribution is 7.10. The normalized spacial score (nSPS) is 24.3. The maximum absolute atomic E-state index is 15.0. The average Bonchev–Trinajstić information content (AvgIpc) is 3.84. The van der Waals surface area contributed by atoms with Crippen LogP contribution < -0.4 is 10.7 Å². The predicted octanol–water partition coefficient (Wildman–Crippen LogP) is 5.52. The third-order valence-electron chi connectivity index (χ3n) is 12.4. The molecule has 3 aromatic heterocycles. The number of thiazole rings is 1. The number of aromatic nitrogens is 3. The molecular weight excluding hydrogens is 835 g/mol. The summed E-state index contributed by atoms with van der Waals surface area (Å²) in [4.78, 5) is 59.8. The number of nitrogens with one attached hydrogen (secondary N) is 2. The molecule has 0 unspecified atom stereocenters. The lowest BCUT2D eigenvalue weighted by molar-refractivity contribution is -0.156. The number of amides is 3. The van der Waals surface area contributed by atoms with Crippen LogP contribution in [0.15, 0.2) is 41.9 Å². The van der Waals surface area contributed by atoms with Crippen molar-refractivity contribution >= 4 is 49.7 Å². The van der Waals surface area contributed by atoms with Gasteiger partial charge in [0.25, 0.3) is 5.91 Å². The highest BCUT2D eigenvalue weighted by Gasteiger charge is 2.42. The van der Waals surface area contributed by atoms with Crippen LogP contribution in [0.2, 0.25) is 0 Å².